The Bertz CT molecular complexity index is 590. The Morgan fingerprint density at radius 2 is 2.05 bits per heavy atom. The Hall–Kier alpha value is -1.89. The minimum absolute atomic E-state index is 0.0831. The zero-order valence-electron chi connectivity index (χ0n) is 9.88. The number of alkyl halides is 3. The van der Waals surface area contributed by atoms with Crippen LogP contribution in [0.15, 0.2) is 18.3 Å². The average Bonchev–Trinajstić information content (AvgIpc) is 2.90. The van der Waals surface area contributed by atoms with E-state index in [1.165, 1.54) is 0 Å². The van der Waals surface area contributed by atoms with E-state index in [-0.39, 0.29) is 11.4 Å². The SMILES string of the molecule is FC(F)(F)c1nc(-c2ccc[nH]2)nc2c1CCNC2. The van der Waals surface area contributed by atoms with Crippen molar-refractivity contribution in [2.45, 2.75) is 19.1 Å². The minimum atomic E-state index is -4.45. The normalized spacial score (nSPS) is 15.3. The molecular weight excluding hydrogens is 257 g/mol. The van der Waals surface area contributed by atoms with Crippen molar-refractivity contribution in [3.8, 4) is 11.5 Å². The van der Waals surface area contributed by atoms with Crippen molar-refractivity contribution in [3.63, 3.8) is 0 Å². The van der Waals surface area contributed by atoms with Crippen LogP contribution in [0.1, 0.15) is 17.0 Å². The maximum Gasteiger partial charge on any atom is 0.433 e. The molecule has 100 valence electrons. The Morgan fingerprint density at radius 3 is 2.74 bits per heavy atom. The van der Waals surface area contributed by atoms with Crippen LogP contribution in [0.5, 0.6) is 0 Å². The standard InChI is InChI=1S/C12H11F3N4/c13-12(14,15)10-7-3-5-16-6-9(7)18-11(19-10)8-2-1-4-17-8/h1-2,4,16-17H,3,5-6H2. The summed E-state index contributed by atoms with van der Waals surface area (Å²) in [4.78, 5) is 10.8. The molecule has 4 nitrogen and oxygen atoms in total. The molecule has 0 bridgehead atoms. The van der Waals surface area contributed by atoms with E-state index in [9.17, 15) is 13.2 Å². The first-order valence-corrected chi connectivity index (χ1v) is 5.87. The summed E-state index contributed by atoms with van der Waals surface area (Å²) in [7, 11) is 0. The lowest BCUT2D eigenvalue weighted by atomic mass is 10.0. The minimum Gasteiger partial charge on any atom is -0.359 e. The Kier molecular flexibility index (Phi) is 2.78. The second-order valence-electron chi connectivity index (χ2n) is 4.33. The zero-order chi connectivity index (χ0) is 13.5. The van der Waals surface area contributed by atoms with E-state index in [2.05, 4.69) is 20.3 Å². The predicted octanol–water partition coefficient (Wildman–Crippen LogP) is 2.14. The topological polar surface area (TPSA) is 53.6 Å². The summed E-state index contributed by atoms with van der Waals surface area (Å²) in [6, 6.07) is 3.35. The maximum atomic E-state index is 13.1. The zero-order valence-corrected chi connectivity index (χ0v) is 9.88. The van der Waals surface area contributed by atoms with Crippen LogP contribution >= 0.6 is 0 Å². The molecule has 2 N–H and O–H groups in total. The lowest BCUT2D eigenvalue weighted by Gasteiger charge is -2.20. The molecule has 0 aliphatic carbocycles. The van der Waals surface area contributed by atoms with Crippen molar-refractivity contribution in [1.29, 1.82) is 0 Å². The number of H-pyrrole nitrogens is 1. The number of aromatic amines is 1. The molecule has 1 aliphatic heterocycles. The first-order chi connectivity index (χ1) is 9.05. The molecule has 0 aromatic carbocycles. The summed E-state index contributed by atoms with van der Waals surface area (Å²) in [6.07, 6.45) is -2.52. The van der Waals surface area contributed by atoms with Crippen molar-refractivity contribution in [2.24, 2.45) is 0 Å². The molecule has 0 saturated heterocycles. The van der Waals surface area contributed by atoms with Crippen molar-refractivity contribution < 1.29 is 13.2 Å². The van der Waals surface area contributed by atoms with Crippen LogP contribution in [0.4, 0.5) is 13.2 Å². The lowest BCUT2D eigenvalue weighted by molar-refractivity contribution is -0.142. The van der Waals surface area contributed by atoms with Gasteiger partial charge in [0.2, 0.25) is 0 Å². The number of rotatable bonds is 1. The average molecular weight is 268 g/mol. The molecule has 0 amide bonds. The fraction of sp³-hybridized carbons (Fsp3) is 0.333. The maximum absolute atomic E-state index is 13.1. The third-order valence-corrected chi connectivity index (χ3v) is 3.04. The van der Waals surface area contributed by atoms with E-state index in [4.69, 9.17) is 0 Å². The fourth-order valence-electron chi connectivity index (χ4n) is 2.18. The summed E-state index contributed by atoms with van der Waals surface area (Å²) in [6.45, 7) is 0.857. The molecule has 0 radical (unpaired) electrons. The van der Waals surface area contributed by atoms with Gasteiger partial charge in [-0.15, -0.1) is 0 Å². The summed E-state index contributed by atoms with van der Waals surface area (Å²) in [5, 5.41) is 3.02. The molecule has 2 aromatic rings. The molecule has 0 atom stereocenters. The van der Waals surface area contributed by atoms with E-state index in [0.717, 1.165) is 0 Å². The summed E-state index contributed by atoms with van der Waals surface area (Å²) < 4.78 is 39.2. The van der Waals surface area contributed by atoms with Crippen molar-refractivity contribution >= 4 is 0 Å². The first kappa shape index (κ1) is 12.2. The highest BCUT2D eigenvalue weighted by Gasteiger charge is 2.38. The van der Waals surface area contributed by atoms with Crippen LogP contribution in [-0.4, -0.2) is 21.5 Å². The second kappa shape index (κ2) is 4.34. The highest BCUT2D eigenvalue weighted by molar-refractivity contribution is 5.51. The van der Waals surface area contributed by atoms with Crippen molar-refractivity contribution in [3.05, 3.63) is 35.3 Å². The van der Waals surface area contributed by atoms with Crippen LogP contribution < -0.4 is 5.32 Å². The lowest BCUT2D eigenvalue weighted by Crippen LogP contribution is -2.28. The Labute approximate surface area is 107 Å². The van der Waals surface area contributed by atoms with E-state index >= 15 is 0 Å². The van der Waals surface area contributed by atoms with Gasteiger partial charge in [0.25, 0.3) is 0 Å². The van der Waals surface area contributed by atoms with E-state index < -0.39 is 11.9 Å². The number of halogens is 3. The van der Waals surface area contributed by atoms with Gasteiger partial charge in [-0.3, -0.25) is 0 Å². The monoisotopic (exact) mass is 268 g/mol. The highest BCUT2D eigenvalue weighted by atomic mass is 19.4. The van der Waals surface area contributed by atoms with E-state index in [0.29, 0.717) is 30.9 Å². The van der Waals surface area contributed by atoms with Crippen LogP contribution in [0.2, 0.25) is 0 Å². The second-order valence-corrected chi connectivity index (χ2v) is 4.33. The number of nitrogens with zero attached hydrogens (tertiary/aromatic N) is 2. The number of hydrogen-bond acceptors (Lipinski definition) is 3. The third-order valence-electron chi connectivity index (χ3n) is 3.04. The molecular formula is C12H11F3N4. The van der Waals surface area contributed by atoms with Gasteiger partial charge in [-0.05, 0) is 25.1 Å². The third kappa shape index (κ3) is 2.21. The van der Waals surface area contributed by atoms with Gasteiger partial charge in [0.05, 0.1) is 11.4 Å². The quantitative estimate of drug-likeness (QED) is 0.833. The Balaban J connectivity index is 2.19. The number of fused-ring (bicyclic) bond motifs is 1. The van der Waals surface area contributed by atoms with Gasteiger partial charge < -0.3 is 10.3 Å². The van der Waals surface area contributed by atoms with Crippen LogP contribution in [0.3, 0.4) is 0 Å². The molecule has 3 heterocycles. The van der Waals surface area contributed by atoms with E-state index in [1.807, 2.05) is 0 Å². The highest BCUT2D eigenvalue weighted by Crippen LogP contribution is 2.33. The van der Waals surface area contributed by atoms with Gasteiger partial charge in [0.1, 0.15) is 0 Å². The molecule has 0 fully saturated rings. The summed E-state index contributed by atoms with van der Waals surface area (Å²) >= 11 is 0. The number of aromatic nitrogens is 3. The molecule has 1 aliphatic rings. The van der Waals surface area contributed by atoms with Crippen molar-refractivity contribution in [1.82, 2.24) is 20.3 Å². The number of hydrogen-bond donors (Lipinski definition) is 2. The summed E-state index contributed by atoms with van der Waals surface area (Å²) in [5.74, 6) is 0.0831. The molecule has 3 rings (SSSR count). The van der Waals surface area contributed by atoms with Gasteiger partial charge >= 0.3 is 6.18 Å². The van der Waals surface area contributed by atoms with Gasteiger partial charge in [0, 0.05) is 18.3 Å². The first-order valence-electron chi connectivity index (χ1n) is 5.87. The fourth-order valence-corrected chi connectivity index (χ4v) is 2.18. The predicted molar refractivity (Wildman–Crippen MR) is 62.2 cm³/mol. The van der Waals surface area contributed by atoms with Gasteiger partial charge in [-0.2, -0.15) is 13.2 Å². The molecule has 0 saturated carbocycles. The van der Waals surface area contributed by atoms with E-state index in [1.54, 1.807) is 18.3 Å². The van der Waals surface area contributed by atoms with Crippen LogP contribution in [-0.2, 0) is 19.1 Å². The van der Waals surface area contributed by atoms with Crippen LogP contribution in [0, 0.1) is 0 Å². The molecule has 0 unspecified atom stereocenters. The van der Waals surface area contributed by atoms with Crippen LogP contribution in [0.25, 0.3) is 11.5 Å². The van der Waals surface area contributed by atoms with Gasteiger partial charge in [-0.1, -0.05) is 0 Å². The number of nitrogens with one attached hydrogen (secondary N) is 2. The molecule has 0 spiro atoms. The summed E-state index contributed by atoms with van der Waals surface area (Å²) in [5.41, 5.74) is 0.308. The van der Waals surface area contributed by atoms with Gasteiger partial charge in [0.15, 0.2) is 11.5 Å². The molecule has 2 aromatic heterocycles. The largest absolute Gasteiger partial charge is 0.433 e. The van der Waals surface area contributed by atoms with Crippen molar-refractivity contribution in [2.75, 3.05) is 6.54 Å². The molecule has 19 heavy (non-hydrogen) atoms. The smallest absolute Gasteiger partial charge is 0.359 e. The Morgan fingerprint density at radius 1 is 1.21 bits per heavy atom. The van der Waals surface area contributed by atoms with Gasteiger partial charge in [-0.25, -0.2) is 9.97 Å². The molecule has 7 heteroatoms.